The Balaban J connectivity index is 2.54. The minimum absolute atomic E-state index is 0.0212. The first kappa shape index (κ1) is 10.2. The number of ether oxygens (including phenoxy) is 2. The van der Waals surface area contributed by atoms with E-state index >= 15 is 0 Å². The molecule has 0 unspecified atom stereocenters. The van der Waals surface area contributed by atoms with Crippen LogP contribution >= 0.6 is 0 Å². The molecule has 1 aliphatic rings. The summed E-state index contributed by atoms with van der Waals surface area (Å²) >= 11 is 0. The molecular weight excluding hydrogens is 166 g/mol. The molecule has 3 heteroatoms. The number of hydrogen-bond donors (Lipinski definition) is 0. The molecule has 0 N–H and O–H groups in total. The van der Waals surface area contributed by atoms with Crippen LogP contribution in [0.3, 0.4) is 0 Å². The summed E-state index contributed by atoms with van der Waals surface area (Å²) in [5, 5.41) is 8.56. The Morgan fingerprint density at radius 1 is 1.77 bits per heavy atom. The van der Waals surface area contributed by atoms with Crippen LogP contribution in [-0.2, 0) is 9.47 Å². The molecule has 1 rings (SSSR count). The van der Waals surface area contributed by atoms with Crippen LogP contribution in [0.15, 0.2) is 12.7 Å². The van der Waals surface area contributed by atoms with Gasteiger partial charge >= 0.3 is 0 Å². The molecule has 1 heterocycles. The van der Waals surface area contributed by atoms with Gasteiger partial charge in [-0.05, 0) is 13.8 Å². The molecule has 13 heavy (non-hydrogen) atoms. The Bertz CT molecular complexity index is 230. The van der Waals surface area contributed by atoms with Gasteiger partial charge < -0.3 is 9.47 Å². The van der Waals surface area contributed by atoms with E-state index < -0.39 is 5.79 Å². The predicted octanol–water partition coefficient (Wildman–Crippen LogP) is 1.85. The first-order valence-corrected chi connectivity index (χ1v) is 4.40. The van der Waals surface area contributed by atoms with Gasteiger partial charge in [0.15, 0.2) is 5.79 Å². The first-order valence-electron chi connectivity index (χ1n) is 4.40. The molecular formula is C10H15NO2. The topological polar surface area (TPSA) is 42.2 Å². The first-order chi connectivity index (χ1) is 6.09. The Kier molecular flexibility index (Phi) is 3.07. The molecule has 0 saturated carbocycles. The summed E-state index contributed by atoms with van der Waals surface area (Å²) in [4.78, 5) is 0. The smallest absolute Gasteiger partial charge is 0.163 e. The Hall–Kier alpha value is -0.850. The second kappa shape index (κ2) is 3.91. The van der Waals surface area contributed by atoms with E-state index in [4.69, 9.17) is 14.7 Å². The van der Waals surface area contributed by atoms with Crippen molar-refractivity contribution in [2.24, 2.45) is 5.92 Å². The van der Waals surface area contributed by atoms with Crippen LogP contribution < -0.4 is 0 Å². The monoisotopic (exact) mass is 181 g/mol. The molecule has 72 valence electrons. The predicted molar refractivity (Wildman–Crippen MR) is 48.8 cm³/mol. The van der Waals surface area contributed by atoms with Gasteiger partial charge in [0.1, 0.15) is 0 Å². The van der Waals surface area contributed by atoms with E-state index in [0.29, 0.717) is 13.0 Å². The zero-order valence-electron chi connectivity index (χ0n) is 8.12. The van der Waals surface area contributed by atoms with Gasteiger partial charge in [-0.25, -0.2) is 0 Å². The van der Waals surface area contributed by atoms with E-state index in [2.05, 4.69) is 12.6 Å². The molecule has 1 saturated heterocycles. The van der Waals surface area contributed by atoms with Crippen LogP contribution in [0.5, 0.6) is 0 Å². The highest BCUT2D eigenvalue weighted by atomic mass is 16.7. The molecule has 3 nitrogen and oxygen atoms in total. The molecule has 0 aromatic heterocycles. The average Bonchev–Trinajstić information content (AvgIpc) is 2.42. The lowest BCUT2D eigenvalue weighted by molar-refractivity contribution is -0.142. The van der Waals surface area contributed by atoms with Crippen molar-refractivity contribution in [3.05, 3.63) is 12.7 Å². The molecule has 0 amide bonds. The quantitative estimate of drug-likeness (QED) is 0.624. The minimum Gasteiger partial charge on any atom is -0.348 e. The second-order valence-electron chi connectivity index (χ2n) is 3.63. The van der Waals surface area contributed by atoms with Gasteiger partial charge in [0.05, 0.1) is 18.8 Å². The Morgan fingerprint density at radius 3 is 2.85 bits per heavy atom. The summed E-state index contributed by atoms with van der Waals surface area (Å²) in [6.07, 6.45) is 2.18. The number of nitrogens with zero attached hydrogens (tertiary/aromatic N) is 1. The summed E-state index contributed by atoms with van der Waals surface area (Å²) < 4.78 is 11.0. The van der Waals surface area contributed by atoms with Gasteiger partial charge in [0, 0.05) is 12.3 Å². The maximum atomic E-state index is 8.56. The third-order valence-corrected chi connectivity index (χ3v) is 2.14. The lowest BCUT2D eigenvalue weighted by atomic mass is 10.0. The van der Waals surface area contributed by atoms with Crippen molar-refractivity contribution in [1.82, 2.24) is 0 Å². The van der Waals surface area contributed by atoms with Gasteiger partial charge in [0.2, 0.25) is 0 Å². The van der Waals surface area contributed by atoms with Gasteiger partial charge in [-0.2, -0.15) is 5.26 Å². The highest BCUT2D eigenvalue weighted by Crippen LogP contribution is 2.28. The van der Waals surface area contributed by atoms with Gasteiger partial charge in [0.25, 0.3) is 0 Å². The molecule has 0 spiro atoms. The van der Waals surface area contributed by atoms with Crippen molar-refractivity contribution >= 4 is 0 Å². The van der Waals surface area contributed by atoms with Crippen molar-refractivity contribution in [3.8, 4) is 6.07 Å². The maximum absolute atomic E-state index is 8.56. The van der Waals surface area contributed by atoms with Gasteiger partial charge in [-0.1, -0.05) is 6.08 Å². The van der Waals surface area contributed by atoms with Crippen LogP contribution in [0.1, 0.15) is 20.3 Å². The molecule has 1 aliphatic heterocycles. The van der Waals surface area contributed by atoms with E-state index in [1.165, 1.54) is 0 Å². The second-order valence-corrected chi connectivity index (χ2v) is 3.63. The summed E-state index contributed by atoms with van der Waals surface area (Å²) in [5.74, 6) is -0.437. The van der Waals surface area contributed by atoms with Crippen LogP contribution in [-0.4, -0.2) is 18.5 Å². The fraction of sp³-hybridized carbons (Fsp3) is 0.700. The minimum atomic E-state index is -0.513. The zero-order valence-corrected chi connectivity index (χ0v) is 8.12. The lowest BCUT2D eigenvalue weighted by Crippen LogP contribution is -2.25. The van der Waals surface area contributed by atoms with Crippen LogP contribution in [0.25, 0.3) is 0 Å². The third kappa shape index (κ3) is 2.55. The average molecular weight is 181 g/mol. The molecule has 0 aromatic rings. The summed E-state index contributed by atoms with van der Waals surface area (Å²) in [6, 6.07) is 2.12. The summed E-state index contributed by atoms with van der Waals surface area (Å²) in [7, 11) is 0. The lowest BCUT2D eigenvalue weighted by Gasteiger charge is -2.19. The normalized spacial score (nSPS) is 27.9. The SMILES string of the molecule is C=C[C@H](CC#N)[C@H]1COC(C)(C)O1. The van der Waals surface area contributed by atoms with E-state index in [9.17, 15) is 0 Å². The molecule has 0 bridgehead atoms. The molecule has 2 atom stereocenters. The summed E-state index contributed by atoms with van der Waals surface area (Å²) in [5.41, 5.74) is 0. The van der Waals surface area contributed by atoms with Gasteiger partial charge in [-0.15, -0.1) is 6.58 Å². The molecule has 0 radical (unpaired) electrons. The highest BCUT2D eigenvalue weighted by molar-refractivity contribution is 4.94. The van der Waals surface area contributed by atoms with Crippen LogP contribution in [0, 0.1) is 17.2 Å². The number of rotatable bonds is 3. The zero-order chi connectivity index (χ0) is 9.90. The molecule has 1 fully saturated rings. The fourth-order valence-corrected chi connectivity index (χ4v) is 1.40. The number of nitriles is 1. The van der Waals surface area contributed by atoms with E-state index in [1.807, 2.05) is 13.8 Å². The largest absolute Gasteiger partial charge is 0.348 e. The van der Waals surface area contributed by atoms with Crippen molar-refractivity contribution in [1.29, 1.82) is 5.26 Å². The maximum Gasteiger partial charge on any atom is 0.163 e. The standard InChI is InChI=1S/C10H15NO2/c1-4-8(5-6-11)9-7-12-10(2,3)13-9/h4,8-9H,1,5,7H2,2-3H3/t8-,9-/m1/s1. The highest BCUT2D eigenvalue weighted by Gasteiger charge is 2.36. The van der Waals surface area contributed by atoms with Crippen LogP contribution in [0.2, 0.25) is 0 Å². The van der Waals surface area contributed by atoms with E-state index in [0.717, 1.165) is 0 Å². The van der Waals surface area contributed by atoms with Crippen molar-refractivity contribution < 1.29 is 9.47 Å². The number of hydrogen-bond acceptors (Lipinski definition) is 3. The van der Waals surface area contributed by atoms with Gasteiger partial charge in [-0.3, -0.25) is 0 Å². The Labute approximate surface area is 78.9 Å². The Morgan fingerprint density at radius 2 is 2.46 bits per heavy atom. The summed E-state index contributed by atoms with van der Waals surface area (Å²) in [6.45, 7) is 7.98. The van der Waals surface area contributed by atoms with Crippen LogP contribution in [0.4, 0.5) is 0 Å². The molecule has 0 aromatic carbocycles. The fourth-order valence-electron chi connectivity index (χ4n) is 1.40. The van der Waals surface area contributed by atoms with E-state index in [1.54, 1.807) is 6.08 Å². The van der Waals surface area contributed by atoms with Crippen molar-refractivity contribution in [2.75, 3.05) is 6.61 Å². The van der Waals surface area contributed by atoms with Crippen molar-refractivity contribution in [3.63, 3.8) is 0 Å². The third-order valence-electron chi connectivity index (χ3n) is 2.14. The molecule has 0 aliphatic carbocycles. The van der Waals surface area contributed by atoms with E-state index in [-0.39, 0.29) is 12.0 Å². The van der Waals surface area contributed by atoms with Crippen molar-refractivity contribution in [2.45, 2.75) is 32.2 Å².